The fourth-order valence-electron chi connectivity index (χ4n) is 2.79. The summed E-state index contributed by atoms with van der Waals surface area (Å²) < 4.78 is 5.73. The first-order chi connectivity index (χ1) is 10.1. The predicted octanol–water partition coefficient (Wildman–Crippen LogP) is 3.78. The van der Waals surface area contributed by atoms with E-state index in [2.05, 4.69) is 21.1 Å². The summed E-state index contributed by atoms with van der Waals surface area (Å²) in [6, 6.07) is 3.29. The van der Waals surface area contributed by atoms with Crippen molar-refractivity contribution in [2.24, 2.45) is 0 Å². The molecule has 2 N–H and O–H groups in total. The lowest BCUT2D eigenvalue weighted by molar-refractivity contribution is 0.0686. The lowest BCUT2D eigenvalue weighted by Crippen LogP contribution is -1.97. The quantitative estimate of drug-likeness (QED) is 0.804. The van der Waals surface area contributed by atoms with Crippen molar-refractivity contribution in [3.05, 3.63) is 33.4 Å². The third-order valence-corrected chi connectivity index (χ3v) is 4.41. The van der Waals surface area contributed by atoms with Gasteiger partial charge in [-0.15, -0.1) is 0 Å². The zero-order valence-electron chi connectivity index (χ0n) is 11.2. The van der Waals surface area contributed by atoms with Crippen molar-refractivity contribution in [2.45, 2.75) is 32.1 Å². The number of carboxylic acid groups (broad SMARTS) is 1. The van der Waals surface area contributed by atoms with Crippen LogP contribution in [-0.2, 0) is 12.8 Å². The van der Waals surface area contributed by atoms with E-state index in [9.17, 15) is 9.90 Å². The second-order valence-corrected chi connectivity index (χ2v) is 6.02. The van der Waals surface area contributed by atoms with Crippen molar-refractivity contribution in [3.63, 3.8) is 0 Å². The van der Waals surface area contributed by atoms with E-state index in [4.69, 9.17) is 9.63 Å². The molecule has 1 aliphatic rings. The molecular formula is C15H14BrNO4. The highest BCUT2D eigenvalue weighted by atomic mass is 79.9. The molecule has 0 aliphatic heterocycles. The monoisotopic (exact) mass is 351 g/mol. The number of aromatic carboxylic acids is 1. The van der Waals surface area contributed by atoms with Crippen molar-refractivity contribution < 1.29 is 19.5 Å². The van der Waals surface area contributed by atoms with Gasteiger partial charge in [-0.05, 0) is 58.8 Å². The SMILES string of the molecule is O=C(O)c1cc(-c2c(O)c(Br)cc3c2CCCCC3)on1. The summed E-state index contributed by atoms with van der Waals surface area (Å²) in [7, 11) is 0. The Morgan fingerprint density at radius 3 is 2.71 bits per heavy atom. The number of aromatic nitrogens is 1. The minimum atomic E-state index is -1.15. The van der Waals surface area contributed by atoms with Gasteiger partial charge in [0.2, 0.25) is 0 Å². The van der Waals surface area contributed by atoms with E-state index in [0.717, 1.165) is 37.7 Å². The number of benzene rings is 1. The number of phenols is 1. The second-order valence-electron chi connectivity index (χ2n) is 5.16. The average Bonchev–Trinajstić information content (AvgIpc) is 2.82. The number of nitrogens with zero attached hydrogens (tertiary/aromatic N) is 1. The highest BCUT2D eigenvalue weighted by Gasteiger charge is 2.23. The largest absolute Gasteiger partial charge is 0.506 e. The minimum Gasteiger partial charge on any atom is -0.506 e. The Morgan fingerprint density at radius 2 is 2.00 bits per heavy atom. The summed E-state index contributed by atoms with van der Waals surface area (Å²) in [5.74, 6) is -0.779. The number of carboxylic acids is 1. The standard InChI is InChI=1S/C15H14BrNO4/c16-10-6-8-4-2-1-3-5-9(8)13(14(10)18)12-7-11(15(19)20)17-21-12/h6-7,18H,1-5H2,(H,19,20). The molecular weight excluding hydrogens is 338 g/mol. The first-order valence-electron chi connectivity index (χ1n) is 6.81. The Bertz CT molecular complexity index is 708. The van der Waals surface area contributed by atoms with Crippen LogP contribution in [0.15, 0.2) is 21.1 Å². The minimum absolute atomic E-state index is 0.0729. The van der Waals surface area contributed by atoms with Crippen LogP contribution in [0.5, 0.6) is 5.75 Å². The first-order valence-corrected chi connectivity index (χ1v) is 7.61. The molecule has 1 heterocycles. The predicted molar refractivity (Wildman–Crippen MR) is 79.5 cm³/mol. The fourth-order valence-corrected chi connectivity index (χ4v) is 3.27. The van der Waals surface area contributed by atoms with Crippen LogP contribution in [0.1, 0.15) is 40.9 Å². The van der Waals surface area contributed by atoms with Gasteiger partial charge in [-0.25, -0.2) is 4.79 Å². The number of halogens is 1. The lowest BCUT2D eigenvalue weighted by atomic mass is 9.94. The Hall–Kier alpha value is -1.82. The van der Waals surface area contributed by atoms with Gasteiger partial charge in [0.1, 0.15) is 5.75 Å². The summed E-state index contributed by atoms with van der Waals surface area (Å²) in [5, 5.41) is 22.9. The van der Waals surface area contributed by atoms with Crippen molar-refractivity contribution in [2.75, 3.05) is 0 Å². The maximum Gasteiger partial charge on any atom is 0.358 e. The second kappa shape index (κ2) is 5.52. The molecule has 0 amide bonds. The number of rotatable bonds is 2. The zero-order chi connectivity index (χ0) is 15.0. The van der Waals surface area contributed by atoms with E-state index in [1.807, 2.05) is 6.07 Å². The number of hydrogen-bond acceptors (Lipinski definition) is 4. The summed E-state index contributed by atoms with van der Waals surface area (Å²) in [6.45, 7) is 0. The van der Waals surface area contributed by atoms with E-state index in [-0.39, 0.29) is 11.4 Å². The molecule has 0 atom stereocenters. The number of fused-ring (bicyclic) bond motifs is 1. The third-order valence-electron chi connectivity index (χ3n) is 3.80. The molecule has 5 nitrogen and oxygen atoms in total. The van der Waals surface area contributed by atoms with Crippen molar-refractivity contribution in [3.8, 4) is 17.1 Å². The Labute approximate surface area is 129 Å². The maximum absolute atomic E-state index is 10.9. The number of aromatic hydroxyl groups is 1. The van der Waals surface area contributed by atoms with E-state index in [1.165, 1.54) is 11.6 Å². The number of aryl methyl sites for hydroxylation is 1. The summed E-state index contributed by atoms with van der Waals surface area (Å²) in [5.41, 5.74) is 2.59. The van der Waals surface area contributed by atoms with Gasteiger partial charge < -0.3 is 14.7 Å². The number of hydrogen-bond donors (Lipinski definition) is 2. The fraction of sp³-hybridized carbons (Fsp3) is 0.333. The molecule has 2 aromatic rings. The van der Waals surface area contributed by atoms with Crippen LogP contribution in [0.3, 0.4) is 0 Å². The number of phenolic OH excluding ortho intramolecular Hbond substituents is 1. The van der Waals surface area contributed by atoms with Gasteiger partial charge in [0.05, 0.1) is 10.0 Å². The average molecular weight is 352 g/mol. The van der Waals surface area contributed by atoms with Gasteiger partial charge in [0.15, 0.2) is 11.5 Å². The molecule has 0 radical (unpaired) electrons. The highest BCUT2D eigenvalue weighted by molar-refractivity contribution is 9.10. The Kier molecular flexibility index (Phi) is 3.71. The van der Waals surface area contributed by atoms with Crippen LogP contribution >= 0.6 is 15.9 Å². The molecule has 0 fully saturated rings. The highest BCUT2D eigenvalue weighted by Crippen LogP contribution is 2.42. The smallest absolute Gasteiger partial charge is 0.358 e. The van der Waals surface area contributed by atoms with Crippen LogP contribution in [0.2, 0.25) is 0 Å². The molecule has 1 aliphatic carbocycles. The van der Waals surface area contributed by atoms with Gasteiger partial charge in [0, 0.05) is 6.07 Å². The molecule has 0 unspecified atom stereocenters. The molecule has 0 bridgehead atoms. The van der Waals surface area contributed by atoms with Crippen LogP contribution < -0.4 is 0 Å². The van der Waals surface area contributed by atoms with Crippen molar-refractivity contribution in [1.82, 2.24) is 5.16 Å². The lowest BCUT2D eigenvalue weighted by Gasteiger charge is -2.13. The third kappa shape index (κ3) is 2.55. The van der Waals surface area contributed by atoms with Crippen LogP contribution in [0, 0.1) is 0 Å². The normalized spacial score (nSPS) is 14.5. The summed E-state index contributed by atoms with van der Waals surface area (Å²) >= 11 is 3.36. The first kappa shape index (κ1) is 14.1. The van der Waals surface area contributed by atoms with Crippen LogP contribution in [0.25, 0.3) is 11.3 Å². The maximum atomic E-state index is 10.9. The van der Waals surface area contributed by atoms with Crippen molar-refractivity contribution >= 4 is 21.9 Å². The topological polar surface area (TPSA) is 83.6 Å². The van der Waals surface area contributed by atoms with Gasteiger partial charge >= 0.3 is 5.97 Å². The molecule has 21 heavy (non-hydrogen) atoms. The molecule has 0 spiro atoms. The molecule has 6 heteroatoms. The summed E-state index contributed by atoms with van der Waals surface area (Å²) in [4.78, 5) is 10.9. The molecule has 110 valence electrons. The van der Waals surface area contributed by atoms with Gasteiger partial charge in [-0.2, -0.15) is 0 Å². The Morgan fingerprint density at radius 1 is 1.24 bits per heavy atom. The molecule has 0 saturated heterocycles. The summed E-state index contributed by atoms with van der Waals surface area (Å²) in [6.07, 6.45) is 5.08. The van der Waals surface area contributed by atoms with E-state index in [1.54, 1.807) is 0 Å². The molecule has 1 aromatic carbocycles. The van der Waals surface area contributed by atoms with Gasteiger partial charge in [0.25, 0.3) is 0 Å². The molecule has 1 aromatic heterocycles. The molecule has 0 saturated carbocycles. The Balaban J connectivity index is 2.19. The van der Waals surface area contributed by atoms with Gasteiger partial charge in [-0.3, -0.25) is 0 Å². The van der Waals surface area contributed by atoms with E-state index in [0.29, 0.717) is 15.8 Å². The zero-order valence-corrected chi connectivity index (χ0v) is 12.8. The number of carbonyl (C=O) groups is 1. The van der Waals surface area contributed by atoms with Crippen LogP contribution in [-0.4, -0.2) is 21.3 Å². The van der Waals surface area contributed by atoms with Crippen molar-refractivity contribution in [1.29, 1.82) is 0 Å². The van der Waals surface area contributed by atoms with Crippen LogP contribution in [0.4, 0.5) is 0 Å². The van der Waals surface area contributed by atoms with Gasteiger partial charge in [-0.1, -0.05) is 11.6 Å². The van der Waals surface area contributed by atoms with E-state index < -0.39 is 5.97 Å². The van der Waals surface area contributed by atoms with E-state index >= 15 is 0 Å². The molecule has 3 rings (SSSR count).